The van der Waals surface area contributed by atoms with Crippen molar-refractivity contribution in [2.75, 3.05) is 13.1 Å². The fourth-order valence-corrected chi connectivity index (χ4v) is 2.05. The van der Waals surface area contributed by atoms with Crippen molar-refractivity contribution in [3.63, 3.8) is 0 Å². The summed E-state index contributed by atoms with van der Waals surface area (Å²) in [5.41, 5.74) is 0. The molecule has 9 heavy (non-hydrogen) atoms. The molecular formula is C5H7NO2S. The molecule has 2 fully saturated rings. The summed E-state index contributed by atoms with van der Waals surface area (Å²) in [6.45, 7) is 1.93. The summed E-state index contributed by atoms with van der Waals surface area (Å²) < 4.78 is 20.7. The third kappa shape index (κ3) is 0.702. The lowest BCUT2D eigenvalue weighted by Gasteiger charge is -1.84. The van der Waals surface area contributed by atoms with E-state index in [1.807, 2.05) is 0 Å². The van der Waals surface area contributed by atoms with Crippen LogP contribution in [0.4, 0.5) is 0 Å². The van der Waals surface area contributed by atoms with E-state index in [4.69, 9.17) is 0 Å². The van der Waals surface area contributed by atoms with Gasteiger partial charge in [-0.1, -0.05) is 0 Å². The standard InChI is InChI=1S/C5H7NO2S/c7-9(8)5-1-2-6-3-4(5)6/h4H,1-3H2. The maximum atomic E-state index is 10.4. The lowest BCUT2D eigenvalue weighted by atomic mass is 10.3. The number of hydrogen-bond donors (Lipinski definition) is 0. The zero-order valence-electron chi connectivity index (χ0n) is 4.87. The van der Waals surface area contributed by atoms with Crippen molar-refractivity contribution in [1.82, 2.24) is 4.90 Å². The average Bonchev–Trinajstić information content (AvgIpc) is 2.43. The lowest BCUT2D eigenvalue weighted by molar-refractivity contribution is 0.593. The number of piperidine rings is 1. The number of hydrogen-bond acceptors (Lipinski definition) is 3. The zero-order valence-corrected chi connectivity index (χ0v) is 5.69. The van der Waals surface area contributed by atoms with Crippen LogP contribution in [-0.2, 0) is 10.3 Å². The smallest absolute Gasteiger partial charge is 0.214 e. The van der Waals surface area contributed by atoms with Gasteiger partial charge in [-0.05, 0) is 6.42 Å². The second kappa shape index (κ2) is 1.58. The first-order chi connectivity index (χ1) is 4.29. The van der Waals surface area contributed by atoms with E-state index < -0.39 is 10.3 Å². The summed E-state index contributed by atoms with van der Waals surface area (Å²) in [7, 11) is -1.90. The maximum absolute atomic E-state index is 10.4. The summed E-state index contributed by atoms with van der Waals surface area (Å²) in [5.74, 6) is 0. The molecule has 2 aliphatic heterocycles. The molecule has 0 N–H and O–H groups in total. The molecule has 0 aromatic carbocycles. The van der Waals surface area contributed by atoms with Crippen LogP contribution in [0.25, 0.3) is 0 Å². The van der Waals surface area contributed by atoms with Crippen molar-refractivity contribution >= 4 is 15.2 Å². The van der Waals surface area contributed by atoms with Crippen LogP contribution in [-0.4, -0.2) is 37.3 Å². The molecule has 3 nitrogen and oxygen atoms in total. The monoisotopic (exact) mass is 145 g/mol. The van der Waals surface area contributed by atoms with Crippen molar-refractivity contribution in [2.24, 2.45) is 0 Å². The predicted molar refractivity (Wildman–Crippen MR) is 33.9 cm³/mol. The van der Waals surface area contributed by atoms with Crippen molar-refractivity contribution < 1.29 is 8.42 Å². The van der Waals surface area contributed by atoms with Crippen LogP contribution < -0.4 is 0 Å². The molecule has 0 amide bonds. The Morgan fingerprint density at radius 2 is 2.33 bits per heavy atom. The van der Waals surface area contributed by atoms with Crippen molar-refractivity contribution in [2.45, 2.75) is 12.5 Å². The topological polar surface area (TPSA) is 37.1 Å². The molecule has 2 rings (SSSR count). The molecule has 0 aromatic heterocycles. The van der Waals surface area contributed by atoms with E-state index in [2.05, 4.69) is 4.90 Å². The molecule has 2 heterocycles. The van der Waals surface area contributed by atoms with E-state index in [1.54, 1.807) is 0 Å². The van der Waals surface area contributed by atoms with Crippen LogP contribution in [0, 0.1) is 0 Å². The number of rotatable bonds is 0. The Morgan fingerprint density at radius 1 is 1.56 bits per heavy atom. The Bertz CT molecular complexity index is 259. The molecule has 50 valence electrons. The molecule has 2 unspecified atom stereocenters. The molecule has 0 aromatic rings. The molecule has 2 saturated heterocycles. The molecule has 2 aliphatic rings. The summed E-state index contributed by atoms with van der Waals surface area (Å²) >= 11 is 0. The van der Waals surface area contributed by atoms with Crippen LogP contribution in [0.5, 0.6) is 0 Å². The number of fused-ring (bicyclic) bond motifs is 1. The van der Waals surface area contributed by atoms with Crippen molar-refractivity contribution in [3.8, 4) is 0 Å². The minimum absolute atomic E-state index is 0.309. The second-order valence-electron chi connectivity index (χ2n) is 2.46. The van der Waals surface area contributed by atoms with Crippen LogP contribution in [0.2, 0.25) is 0 Å². The zero-order chi connectivity index (χ0) is 6.43. The minimum Gasteiger partial charge on any atom is -0.292 e. The van der Waals surface area contributed by atoms with Gasteiger partial charge in [0.15, 0.2) is 0 Å². The Kier molecular flexibility index (Phi) is 0.952. The second-order valence-corrected chi connectivity index (χ2v) is 3.46. The summed E-state index contributed by atoms with van der Waals surface area (Å²) in [5, 5.41) is 0. The van der Waals surface area contributed by atoms with Crippen LogP contribution >= 0.6 is 0 Å². The average molecular weight is 145 g/mol. The van der Waals surface area contributed by atoms with E-state index in [-0.39, 0.29) is 0 Å². The first-order valence-corrected chi connectivity index (χ1v) is 4.05. The summed E-state index contributed by atoms with van der Waals surface area (Å²) in [6.07, 6.45) is 0.765. The molecule has 0 saturated carbocycles. The van der Waals surface area contributed by atoms with Gasteiger partial charge in [0, 0.05) is 13.1 Å². The van der Waals surface area contributed by atoms with Gasteiger partial charge >= 0.3 is 0 Å². The third-order valence-electron chi connectivity index (χ3n) is 1.95. The van der Waals surface area contributed by atoms with E-state index in [0.717, 1.165) is 24.4 Å². The minimum atomic E-state index is -1.90. The maximum Gasteiger partial charge on any atom is 0.214 e. The van der Waals surface area contributed by atoms with E-state index in [0.29, 0.717) is 6.04 Å². The highest BCUT2D eigenvalue weighted by Gasteiger charge is 2.43. The highest BCUT2D eigenvalue weighted by Crippen LogP contribution is 2.26. The summed E-state index contributed by atoms with van der Waals surface area (Å²) in [6, 6.07) is 0.309. The SMILES string of the molecule is O=S(=O)=C1CCN2CC12. The lowest BCUT2D eigenvalue weighted by Crippen LogP contribution is -2.03. The van der Waals surface area contributed by atoms with Gasteiger partial charge in [0.25, 0.3) is 0 Å². The van der Waals surface area contributed by atoms with Crippen LogP contribution in [0.1, 0.15) is 6.42 Å². The summed E-state index contributed by atoms with van der Waals surface area (Å²) in [4.78, 5) is 2.88. The molecule has 0 radical (unpaired) electrons. The van der Waals surface area contributed by atoms with Gasteiger partial charge in [-0.25, -0.2) is 0 Å². The number of nitrogens with zero attached hydrogens (tertiary/aromatic N) is 1. The third-order valence-corrected chi connectivity index (χ3v) is 2.85. The van der Waals surface area contributed by atoms with E-state index in [9.17, 15) is 8.42 Å². The van der Waals surface area contributed by atoms with Crippen molar-refractivity contribution in [3.05, 3.63) is 0 Å². The fraction of sp³-hybridized carbons (Fsp3) is 0.800. The van der Waals surface area contributed by atoms with Gasteiger partial charge in [-0.2, -0.15) is 8.42 Å². The van der Waals surface area contributed by atoms with Crippen LogP contribution in [0.3, 0.4) is 0 Å². The van der Waals surface area contributed by atoms with Gasteiger partial charge in [0.2, 0.25) is 10.3 Å². The largest absolute Gasteiger partial charge is 0.292 e. The first-order valence-electron chi connectivity index (χ1n) is 2.98. The predicted octanol–water partition coefficient (Wildman–Crippen LogP) is -0.874. The van der Waals surface area contributed by atoms with E-state index >= 15 is 0 Å². The fourth-order valence-electron chi connectivity index (χ4n) is 1.34. The highest BCUT2D eigenvalue weighted by atomic mass is 32.2. The molecule has 0 aliphatic carbocycles. The normalized spacial score (nSPS) is 38.4. The van der Waals surface area contributed by atoms with Gasteiger partial charge in [0.05, 0.1) is 10.9 Å². The Hall–Kier alpha value is -0.350. The van der Waals surface area contributed by atoms with Gasteiger partial charge in [-0.15, -0.1) is 0 Å². The quantitative estimate of drug-likeness (QED) is 0.328. The molecule has 0 spiro atoms. The Balaban J connectivity index is 2.44. The highest BCUT2D eigenvalue weighted by molar-refractivity contribution is 7.73. The molecule has 2 atom stereocenters. The molecular weight excluding hydrogens is 138 g/mol. The van der Waals surface area contributed by atoms with Gasteiger partial charge in [0.1, 0.15) is 0 Å². The van der Waals surface area contributed by atoms with Crippen molar-refractivity contribution in [1.29, 1.82) is 0 Å². The first kappa shape index (κ1) is 5.44. The Labute approximate surface area is 54.8 Å². The van der Waals surface area contributed by atoms with E-state index in [1.165, 1.54) is 0 Å². The molecule has 4 heteroatoms. The Morgan fingerprint density at radius 3 is 2.56 bits per heavy atom. The van der Waals surface area contributed by atoms with Gasteiger partial charge in [-0.3, -0.25) is 4.90 Å². The van der Waals surface area contributed by atoms with Gasteiger partial charge < -0.3 is 0 Å². The molecule has 0 bridgehead atoms. The van der Waals surface area contributed by atoms with Crippen LogP contribution in [0.15, 0.2) is 0 Å².